The van der Waals surface area contributed by atoms with Crippen LogP contribution in [0.3, 0.4) is 0 Å². The first-order valence-electron chi connectivity index (χ1n) is 18.0. The molecular formula is C37H48N6O6. The summed E-state index contributed by atoms with van der Waals surface area (Å²) in [5, 5.41) is 3.92. The second-order valence-corrected chi connectivity index (χ2v) is 13.7. The van der Waals surface area contributed by atoms with Crippen molar-refractivity contribution >= 4 is 40.3 Å². The van der Waals surface area contributed by atoms with Gasteiger partial charge in [0.25, 0.3) is 5.56 Å². The van der Waals surface area contributed by atoms with Crippen LogP contribution in [0.2, 0.25) is 0 Å². The molecule has 12 nitrogen and oxygen atoms in total. The van der Waals surface area contributed by atoms with E-state index in [0.717, 1.165) is 81.9 Å². The zero-order valence-corrected chi connectivity index (χ0v) is 28.8. The molecule has 1 aliphatic carbocycles. The van der Waals surface area contributed by atoms with Crippen molar-refractivity contribution in [2.45, 2.75) is 123 Å². The number of hydrogen-bond acceptors (Lipinski definition) is 10. The number of aryl methyl sites for hydroxylation is 1. The largest absolute Gasteiger partial charge is 0.353 e. The van der Waals surface area contributed by atoms with E-state index in [-0.39, 0.29) is 47.5 Å². The summed E-state index contributed by atoms with van der Waals surface area (Å²) in [7, 11) is 0. The van der Waals surface area contributed by atoms with E-state index in [2.05, 4.69) is 10.3 Å². The number of amides is 1. The Bertz CT molecular complexity index is 1740. The number of pyridine rings is 2. The highest BCUT2D eigenvalue weighted by atomic mass is 16.7. The molecule has 1 saturated carbocycles. The van der Waals surface area contributed by atoms with E-state index in [1.54, 1.807) is 17.7 Å². The van der Waals surface area contributed by atoms with Gasteiger partial charge in [0, 0.05) is 62.3 Å². The molecule has 0 bridgehead atoms. The first-order chi connectivity index (χ1) is 23.8. The highest BCUT2D eigenvalue weighted by molar-refractivity contribution is 5.99. The van der Waals surface area contributed by atoms with Crippen LogP contribution in [0.5, 0.6) is 0 Å². The number of anilines is 2. The fraction of sp³-hybridized carbons (Fsp3) is 0.595. The van der Waals surface area contributed by atoms with Crippen LogP contribution in [0.15, 0.2) is 23.1 Å². The van der Waals surface area contributed by atoms with E-state index in [1.807, 2.05) is 17.0 Å². The number of carbonyl (C=O) groups excluding carboxylic acids is 3. The normalized spacial score (nSPS) is 18.1. The second-order valence-electron chi connectivity index (χ2n) is 13.7. The fourth-order valence-electron chi connectivity index (χ4n) is 7.33. The summed E-state index contributed by atoms with van der Waals surface area (Å²) in [4.78, 5) is 67.1. The number of unbranched alkanes of at least 4 members (excludes halogenated alkanes) is 3. The molecule has 5 heterocycles. The maximum atomic E-state index is 13.5. The zero-order valence-electron chi connectivity index (χ0n) is 28.8. The van der Waals surface area contributed by atoms with Gasteiger partial charge in [-0.1, -0.05) is 31.7 Å². The first kappa shape index (κ1) is 34.8. The van der Waals surface area contributed by atoms with Crippen LogP contribution >= 0.6 is 0 Å². The molecule has 2 fully saturated rings. The van der Waals surface area contributed by atoms with Crippen molar-refractivity contribution in [2.24, 2.45) is 0 Å². The Morgan fingerprint density at radius 1 is 1.00 bits per heavy atom. The first-order valence-corrected chi connectivity index (χ1v) is 18.0. The van der Waals surface area contributed by atoms with Gasteiger partial charge in [0.05, 0.1) is 5.56 Å². The van der Waals surface area contributed by atoms with Crippen molar-refractivity contribution in [1.29, 1.82) is 0 Å². The summed E-state index contributed by atoms with van der Waals surface area (Å²) in [6.07, 6.45) is 13.4. The van der Waals surface area contributed by atoms with Crippen LogP contribution in [0, 0.1) is 6.92 Å². The third kappa shape index (κ3) is 8.41. The number of ketones is 2. The fourth-order valence-corrected chi connectivity index (χ4v) is 7.33. The Labute approximate surface area is 287 Å². The minimum Gasteiger partial charge on any atom is -0.353 e. The predicted octanol–water partition coefficient (Wildman–Crippen LogP) is 5.89. The van der Waals surface area contributed by atoms with Crippen LogP contribution in [0.25, 0.3) is 11.0 Å². The third-order valence-electron chi connectivity index (χ3n) is 10.1. The van der Waals surface area contributed by atoms with E-state index in [0.29, 0.717) is 67.3 Å². The zero-order chi connectivity index (χ0) is 34.3. The predicted molar refractivity (Wildman–Crippen MR) is 185 cm³/mol. The molecule has 1 atom stereocenters. The van der Waals surface area contributed by atoms with Gasteiger partial charge in [-0.3, -0.25) is 23.7 Å². The maximum Gasteiger partial charge on any atom is 0.263 e. The highest BCUT2D eigenvalue weighted by Crippen LogP contribution is 2.32. The van der Waals surface area contributed by atoms with Crippen molar-refractivity contribution in [3.8, 4) is 0 Å². The smallest absolute Gasteiger partial charge is 0.263 e. The lowest BCUT2D eigenvalue weighted by molar-refractivity contribution is -0.169. The SMILES string of the molecule is CC(=O)c1c(C)c2cnc(Nc3ccc4c(n3)CCN(C(=O)CCCCCCC(=O)COC3CCCCO3)C4)nc2n(C2CCCC2)c1=O. The van der Waals surface area contributed by atoms with Crippen LogP contribution in [-0.2, 0) is 32.0 Å². The van der Waals surface area contributed by atoms with Crippen LogP contribution < -0.4 is 10.9 Å². The monoisotopic (exact) mass is 672 g/mol. The van der Waals surface area contributed by atoms with Crippen molar-refractivity contribution in [2.75, 3.05) is 25.1 Å². The number of hydrogen-bond donors (Lipinski definition) is 1. The average molecular weight is 673 g/mol. The van der Waals surface area contributed by atoms with E-state index in [4.69, 9.17) is 19.4 Å². The molecule has 0 radical (unpaired) electrons. The molecule has 12 heteroatoms. The molecule has 1 saturated heterocycles. The maximum absolute atomic E-state index is 13.5. The molecule has 1 N–H and O–H groups in total. The number of ether oxygens (including phenoxy) is 2. The molecule has 3 aromatic rings. The van der Waals surface area contributed by atoms with E-state index in [9.17, 15) is 19.2 Å². The summed E-state index contributed by atoms with van der Waals surface area (Å²) in [6.45, 7) is 5.18. The summed E-state index contributed by atoms with van der Waals surface area (Å²) in [5.41, 5.74) is 3.03. The molecular weight excluding hydrogens is 624 g/mol. The van der Waals surface area contributed by atoms with Crippen molar-refractivity contribution in [1.82, 2.24) is 24.4 Å². The van der Waals surface area contributed by atoms with Crippen molar-refractivity contribution < 1.29 is 23.9 Å². The highest BCUT2D eigenvalue weighted by Gasteiger charge is 2.26. The Balaban J connectivity index is 0.999. The topological polar surface area (TPSA) is 146 Å². The number of fused-ring (bicyclic) bond motifs is 2. The molecule has 49 heavy (non-hydrogen) atoms. The third-order valence-corrected chi connectivity index (χ3v) is 10.1. The summed E-state index contributed by atoms with van der Waals surface area (Å²) >= 11 is 0. The molecule has 262 valence electrons. The number of rotatable bonds is 14. The molecule has 3 aliphatic rings. The Kier molecular flexibility index (Phi) is 11.5. The molecule has 1 amide bonds. The lowest BCUT2D eigenvalue weighted by atomic mass is 10.0. The molecule has 0 aromatic carbocycles. The van der Waals surface area contributed by atoms with Gasteiger partial charge < -0.3 is 19.7 Å². The van der Waals surface area contributed by atoms with Gasteiger partial charge in [0.15, 0.2) is 17.9 Å². The van der Waals surface area contributed by atoms with E-state index >= 15 is 0 Å². The van der Waals surface area contributed by atoms with Gasteiger partial charge >= 0.3 is 0 Å². The minimum absolute atomic E-state index is 0.00637. The van der Waals surface area contributed by atoms with Gasteiger partial charge in [-0.15, -0.1) is 0 Å². The minimum atomic E-state index is -0.279. The number of aromatic nitrogens is 4. The Morgan fingerprint density at radius 2 is 1.78 bits per heavy atom. The summed E-state index contributed by atoms with van der Waals surface area (Å²) in [6, 6.07) is 3.86. The molecule has 1 unspecified atom stereocenters. The van der Waals surface area contributed by atoms with Crippen LogP contribution in [-0.4, -0.2) is 67.9 Å². The van der Waals surface area contributed by atoms with Crippen molar-refractivity contribution in [3.63, 3.8) is 0 Å². The molecule has 2 aliphatic heterocycles. The van der Waals surface area contributed by atoms with Crippen LogP contribution in [0.1, 0.15) is 124 Å². The lowest BCUT2D eigenvalue weighted by Gasteiger charge is -2.28. The van der Waals surface area contributed by atoms with Crippen molar-refractivity contribution in [3.05, 3.63) is 51.1 Å². The number of Topliss-reactive ketones (excluding diaryl/α,β-unsaturated/α-hetero) is 2. The Morgan fingerprint density at radius 3 is 2.53 bits per heavy atom. The second kappa shape index (κ2) is 16.1. The number of nitrogens with zero attached hydrogens (tertiary/aromatic N) is 5. The van der Waals surface area contributed by atoms with E-state index in [1.165, 1.54) is 6.92 Å². The summed E-state index contributed by atoms with van der Waals surface area (Å²) in [5.74, 6) is 0.936. The van der Waals surface area contributed by atoms with Gasteiger partial charge in [-0.2, -0.15) is 4.98 Å². The standard InChI is InChI=1S/C37H48N6O6/c1-24-29-21-38-37(41-35(29)43(27-11-7-8-12-27)36(47)34(24)25(2)44)40-31-17-16-26-22-42(19-18-30(26)39-31)32(46)14-6-4-3-5-13-28(45)23-49-33-15-9-10-20-48-33/h16-17,21,27,33H,3-15,18-20,22-23H2,1-2H3,(H,38,39,40,41). The van der Waals surface area contributed by atoms with Gasteiger partial charge in [0.2, 0.25) is 11.9 Å². The van der Waals surface area contributed by atoms with Gasteiger partial charge in [-0.05, 0) is 76.0 Å². The molecule has 6 rings (SSSR count). The van der Waals surface area contributed by atoms with E-state index < -0.39 is 0 Å². The van der Waals surface area contributed by atoms with Gasteiger partial charge in [-0.25, -0.2) is 9.97 Å². The van der Waals surface area contributed by atoms with Crippen LogP contribution in [0.4, 0.5) is 11.8 Å². The Hall–Kier alpha value is -4.03. The average Bonchev–Trinajstić information content (AvgIpc) is 3.63. The lowest BCUT2D eigenvalue weighted by Crippen LogP contribution is -2.36. The number of nitrogens with one attached hydrogen (secondary N) is 1. The van der Waals surface area contributed by atoms with Gasteiger partial charge in [0.1, 0.15) is 18.1 Å². The summed E-state index contributed by atoms with van der Waals surface area (Å²) < 4.78 is 12.8. The quantitative estimate of drug-likeness (QED) is 0.162. The number of carbonyl (C=O) groups is 3. The molecule has 3 aromatic heterocycles. The molecule has 0 spiro atoms.